The maximum Gasteiger partial charge on any atom is 0.317 e. The highest BCUT2D eigenvalue weighted by molar-refractivity contribution is 5.85. The number of nitrogens with one attached hydrogen (secondary N) is 1. The number of carbonyl (C=O) groups is 3. The first-order valence-corrected chi connectivity index (χ1v) is 11.2. The number of rotatable bonds is 4. The fraction of sp³-hybridized carbons (Fsp3) is 0.609. The van der Waals surface area contributed by atoms with Crippen molar-refractivity contribution in [2.24, 2.45) is 11.8 Å². The van der Waals surface area contributed by atoms with Gasteiger partial charge in [0.1, 0.15) is 5.82 Å². The second kappa shape index (κ2) is 8.48. The van der Waals surface area contributed by atoms with E-state index in [4.69, 9.17) is 0 Å². The third-order valence-corrected chi connectivity index (χ3v) is 7.41. The Morgan fingerprint density at radius 3 is 2.42 bits per heavy atom. The molecule has 168 valence electrons. The number of likely N-dealkylation sites (tertiary alicyclic amines) is 3. The quantitative estimate of drug-likeness (QED) is 0.793. The molecule has 1 aromatic rings. The first kappa shape index (κ1) is 21.6. The van der Waals surface area contributed by atoms with Gasteiger partial charge in [0.05, 0.1) is 11.5 Å². The van der Waals surface area contributed by atoms with Gasteiger partial charge in [0.2, 0.25) is 11.8 Å². The molecule has 8 heteroatoms. The van der Waals surface area contributed by atoms with Gasteiger partial charge in [-0.1, -0.05) is 12.1 Å². The lowest BCUT2D eigenvalue weighted by atomic mass is 9.75. The molecule has 4 rings (SSSR count). The van der Waals surface area contributed by atoms with Crippen molar-refractivity contribution in [3.63, 3.8) is 0 Å². The predicted octanol–water partition coefficient (Wildman–Crippen LogP) is 1.87. The number of urea groups is 1. The van der Waals surface area contributed by atoms with Gasteiger partial charge in [0, 0.05) is 52.1 Å². The standard InChI is InChI=1S/C23H31FN4O3/c1-3-28-21(30)19-14-27(16(2)29)15-20(19)23(28)9-12-26(13-10-23)22(31)25-11-8-17-4-6-18(24)7-5-17/h4-7,19-20H,3,8-15H2,1-2H3,(H,25,31)/t19-,20-/m1/s1. The maximum atomic E-state index is 13.0. The maximum absolute atomic E-state index is 13.0. The van der Waals surface area contributed by atoms with Crippen LogP contribution < -0.4 is 5.32 Å². The Labute approximate surface area is 182 Å². The normalized spacial score (nSPS) is 24.6. The summed E-state index contributed by atoms with van der Waals surface area (Å²) in [6, 6.07) is 6.20. The second-order valence-corrected chi connectivity index (χ2v) is 8.92. The molecule has 4 amide bonds. The Hall–Kier alpha value is -2.64. The first-order chi connectivity index (χ1) is 14.9. The third kappa shape index (κ3) is 3.88. The van der Waals surface area contributed by atoms with Gasteiger partial charge in [-0.05, 0) is 43.9 Å². The highest BCUT2D eigenvalue weighted by Gasteiger charge is 2.61. The number of piperidine rings is 1. The summed E-state index contributed by atoms with van der Waals surface area (Å²) in [7, 11) is 0. The molecule has 7 nitrogen and oxygen atoms in total. The van der Waals surface area contributed by atoms with Gasteiger partial charge in [-0.15, -0.1) is 0 Å². The van der Waals surface area contributed by atoms with E-state index in [1.54, 1.807) is 24.0 Å². The molecule has 31 heavy (non-hydrogen) atoms. The average molecular weight is 431 g/mol. The van der Waals surface area contributed by atoms with Crippen LogP contribution in [-0.4, -0.2) is 77.4 Å². The summed E-state index contributed by atoms with van der Waals surface area (Å²) < 4.78 is 13.0. The molecule has 3 saturated heterocycles. The van der Waals surface area contributed by atoms with Crippen LogP contribution in [0.5, 0.6) is 0 Å². The van der Waals surface area contributed by atoms with Crippen molar-refractivity contribution in [2.75, 3.05) is 39.3 Å². The third-order valence-electron chi connectivity index (χ3n) is 7.41. The Kier molecular flexibility index (Phi) is 5.90. The highest BCUT2D eigenvalue weighted by Crippen LogP contribution is 2.49. The topological polar surface area (TPSA) is 73.0 Å². The number of fused-ring (bicyclic) bond motifs is 2. The van der Waals surface area contributed by atoms with Gasteiger partial charge in [-0.2, -0.15) is 0 Å². The summed E-state index contributed by atoms with van der Waals surface area (Å²) >= 11 is 0. The van der Waals surface area contributed by atoms with E-state index < -0.39 is 0 Å². The van der Waals surface area contributed by atoms with Crippen molar-refractivity contribution in [2.45, 2.75) is 38.6 Å². The molecule has 0 aromatic heterocycles. The van der Waals surface area contributed by atoms with Crippen molar-refractivity contribution in [1.82, 2.24) is 20.0 Å². The van der Waals surface area contributed by atoms with Gasteiger partial charge in [0.15, 0.2) is 0 Å². The molecule has 0 bridgehead atoms. The molecule has 1 aromatic carbocycles. The number of hydrogen-bond donors (Lipinski definition) is 1. The fourth-order valence-electron chi connectivity index (χ4n) is 5.76. The van der Waals surface area contributed by atoms with Crippen LogP contribution in [-0.2, 0) is 16.0 Å². The molecule has 0 saturated carbocycles. The van der Waals surface area contributed by atoms with Crippen LogP contribution in [0.3, 0.4) is 0 Å². The van der Waals surface area contributed by atoms with E-state index in [0.717, 1.165) is 18.4 Å². The van der Waals surface area contributed by atoms with Gasteiger partial charge in [-0.3, -0.25) is 9.59 Å². The van der Waals surface area contributed by atoms with Crippen molar-refractivity contribution in [1.29, 1.82) is 0 Å². The Morgan fingerprint density at radius 2 is 1.81 bits per heavy atom. The Balaban J connectivity index is 1.35. The van der Waals surface area contributed by atoms with Crippen LogP contribution in [0.1, 0.15) is 32.3 Å². The summed E-state index contributed by atoms with van der Waals surface area (Å²) in [6.07, 6.45) is 2.13. The lowest BCUT2D eigenvalue weighted by Crippen LogP contribution is -2.59. The molecule has 3 aliphatic heterocycles. The van der Waals surface area contributed by atoms with E-state index in [1.807, 2.05) is 16.7 Å². The number of nitrogens with zero attached hydrogens (tertiary/aromatic N) is 3. The molecule has 2 atom stereocenters. The summed E-state index contributed by atoms with van der Waals surface area (Å²) in [5, 5.41) is 2.96. The molecule has 1 spiro atoms. The van der Waals surface area contributed by atoms with Crippen LogP contribution in [0.15, 0.2) is 24.3 Å². The minimum Gasteiger partial charge on any atom is -0.342 e. The highest BCUT2D eigenvalue weighted by atomic mass is 19.1. The molecule has 0 radical (unpaired) electrons. The molecule has 0 unspecified atom stereocenters. The number of carbonyl (C=O) groups excluding carboxylic acids is 3. The number of amides is 4. The largest absolute Gasteiger partial charge is 0.342 e. The lowest BCUT2D eigenvalue weighted by molar-refractivity contribution is -0.136. The van der Waals surface area contributed by atoms with E-state index in [-0.39, 0.29) is 41.0 Å². The van der Waals surface area contributed by atoms with Crippen LogP contribution in [0.25, 0.3) is 0 Å². The van der Waals surface area contributed by atoms with Crippen molar-refractivity contribution >= 4 is 17.8 Å². The summed E-state index contributed by atoms with van der Waals surface area (Å²) in [5.41, 5.74) is 0.718. The van der Waals surface area contributed by atoms with E-state index in [9.17, 15) is 18.8 Å². The molecule has 3 heterocycles. The molecular weight excluding hydrogens is 399 g/mol. The molecule has 3 aliphatic rings. The number of benzene rings is 1. The number of halogens is 1. The zero-order valence-corrected chi connectivity index (χ0v) is 18.3. The minimum absolute atomic E-state index is 0.0263. The first-order valence-electron chi connectivity index (χ1n) is 11.2. The molecule has 0 aliphatic carbocycles. The zero-order chi connectivity index (χ0) is 22.2. The van der Waals surface area contributed by atoms with E-state index in [1.165, 1.54) is 12.1 Å². The SMILES string of the molecule is CCN1C(=O)[C@@H]2CN(C(C)=O)C[C@H]2C12CCN(C(=O)NCCc1ccc(F)cc1)CC2. The predicted molar refractivity (Wildman–Crippen MR) is 114 cm³/mol. The minimum atomic E-state index is -0.266. The van der Waals surface area contributed by atoms with Crippen LogP contribution in [0.2, 0.25) is 0 Å². The van der Waals surface area contributed by atoms with Gasteiger partial charge < -0.3 is 20.0 Å². The van der Waals surface area contributed by atoms with Crippen molar-refractivity contribution in [3.05, 3.63) is 35.6 Å². The monoisotopic (exact) mass is 430 g/mol. The zero-order valence-electron chi connectivity index (χ0n) is 18.3. The average Bonchev–Trinajstić information content (AvgIpc) is 3.29. The fourth-order valence-corrected chi connectivity index (χ4v) is 5.76. The second-order valence-electron chi connectivity index (χ2n) is 8.92. The van der Waals surface area contributed by atoms with Crippen LogP contribution in [0, 0.1) is 17.7 Å². The smallest absolute Gasteiger partial charge is 0.317 e. The number of hydrogen-bond acceptors (Lipinski definition) is 3. The van der Waals surface area contributed by atoms with Gasteiger partial charge in [0.25, 0.3) is 0 Å². The lowest BCUT2D eigenvalue weighted by Gasteiger charge is -2.47. The Bertz CT molecular complexity index is 851. The van der Waals surface area contributed by atoms with E-state index >= 15 is 0 Å². The van der Waals surface area contributed by atoms with Gasteiger partial charge >= 0.3 is 6.03 Å². The summed E-state index contributed by atoms with van der Waals surface area (Å²) in [4.78, 5) is 43.2. The Morgan fingerprint density at radius 1 is 1.13 bits per heavy atom. The van der Waals surface area contributed by atoms with E-state index in [0.29, 0.717) is 45.7 Å². The molecule has 3 fully saturated rings. The van der Waals surface area contributed by atoms with Crippen LogP contribution in [0.4, 0.5) is 9.18 Å². The molecule has 1 N–H and O–H groups in total. The van der Waals surface area contributed by atoms with Crippen molar-refractivity contribution < 1.29 is 18.8 Å². The summed E-state index contributed by atoms with van der Waals surface area (Å²) in [6.45, 7) is 7.06. The van der Waals surface area contributed by atoms with E-state index in [2.05, 4.69) is 5.32 Å². The van der Waals surface area contributed by atoms with Crippen molar-refractivity contribution in [3.8, 4) is 0 Å². The molecular formula is C23H31FN4O3. The van der Waals surface area contributed by atoms with Gasteiger partial charge in [-0.25, -0.2) is 9.18 Å². The summed E-state index contributed by atoms with van der Waals surface area (Å²) in [5.74, 6) is -0.0447. The van der Waals surface area contributed by atoms with Crippen LogP contribution >= 0.6 is 0 Å².